The van der Waals surface area contributed by atoms with Crippen LogP contribution in [0.15, 0.2) is 54.6 Å². The highest BCUT2D eigenvalue weighted by molar-refractivity contribution is 5.79. The maximum atomic E-state index is 12.9. The van der Waals surface area contributed by atoms with E-state index in [-0.39, 0.29) is 6.42 Å². The van der Waals surface area contributed by atoms with Crippen molar-refractivity contribution in [3.05, 3.63) is 60.2 Å². The van der Waals surface area contributed by atoms with E-state index in [1.807, 2.05) is 42.5 Å². The van der Waals surface area contributed by atoms with E-state index in [0.717, 1.165) is 18.1 Å². The fraction of sp³-hybridized carbons (Fsp3) is 0.600. The van der Waals surface area contributed by atoms with E-state index in [9.17, 15) is 65.1 Å². The van der Waals surface area contributed by atoms with Crippen molar-refractivity contribution in [1.82, 2.24) is 16.0 Å². The number of amides is 3. The van der Waals surface area contributed by atoms with Crippen molar-refractivity contribution in [2.75, 3.05) is 19.8 Å². The molecule has 5 unspecified atom stereocenters. The van der Waals surface area contributed by atoms with Crippen molar-refractivity contribution < 1.29 is 88.8 Å². The number of carbonyl (C=O) groups excluding carboxylic acids is 3. The number of aliphatic hydroxyl groups excluding tert-OH is 8. The Morgan fingerprint density at radius 1 is 0.820 bits per heavy atom. The highest BCUT2D eigenvalue weighted by Crippen LogP contribution is 2.35. The van der Waals surface area contributed by atoms with Crippen LogP contribution in [0.25, 0.3) is 11.1 Å². The summed E-state index contributed by atoms with van der Waals surface area (Å²) in [4.78, 5) is 49.6. The van der Waals surface area contributed by atoms with Gasteiger partial charge in [0.1, 0.15) is 54.9 Å². The number of aliphatic carboxylic acids is 1. The minimum absolute atomic E-state index is 0.0957. The fourth-order valence-electron chi connectivity index (χ4n) is 7.63. The van der Waals surface area contributed by atoms with Crippen molar-refractivity contribution in [1.29, 1.82) is 0 Å². The molecule has 21 nitrogen and oxygen atoms in total. The molecule has 0 bridgehead atoms. The smallest absolute Gasteiger partial charge is 0.364 e. The van der Waals surface area contributed by atoms with Gasteiger partial charge < -0.3 is 85.6 Å². The molecule has 3 aliphatic rings. The third kappa shape index (κ3) is 11.4. The van der Waals surface area contributed by atoms with Gasteiger partial charge >= 0.3 is 5.97 Å². The molecule has 0 radical (unpaired) electrons. The maximum absolute atomic E-state index is 12.9. The van der Waals surface area contributed by atoms with Gasteiger partial charge in [0.2, 0.25) is 17.7 Å². The van der Waals surface area contributed by atoms with Crippen LogP contribution in [0.5, 0.6) is 0 Å². The summed E-state index contributed by atoms with van der Waals surface area (Å²) in [5.74, 6) is -6.51. The summed E-state index contributed by atoms with van der Waals surface area (Å²) in [5.41, 5.74) is 2.56. The van der Waals surface area contributed by atoms with Gasteiger partial charge in [0, 0.05) is 26.8 Å². The number of carbonyl (C=O) groups is 4. The molecule has 5 rings (SSSR count). The van der Waals surface area contributed by atoms with Crippen LogP contribution in [-0.4, -0.2) is 187 Å². The van der Waals surface area contributed by atoms with Crippen LogP contribution in [0.3, 0.4) is 0 Å². The molecule has 2 aromatic carbocycles. The minimum atomic E-state index is -2.87. The van der Waals surface area contributed by atoms with Crippen molar-refractivity contribution in [3.63, 3.8) is 0 Å². The number of ether oxygens (including phenoxy) is 5. The molecule has 0 saturated carbocycles. The zero-order chi connectivity index (χ0) is 44.8. The first kappa shape index (κ1) is 47.8. The van der Waals surface area contributed by atoms with E-state index in [1.54, 1.807) is 12.1 Å². The predicted octanol–water partition coefficient (Wildman–Crippen LogP) is -3.98. The zero-order valence-electron chi connectivity index (χ0n) is 33.6. The molecule has 2 aromatic rings. The molecule has 3 saturated heterocycles. The Kier molecular flexibility index (Phi) is 16.3. The Labute approximate surface area is 350 Å². The average molecular weight is 866 g/mol. The van der Waals surface area contributed by atoms with E-state index < -0.39 is 147 Å². The molecule has 0 aliphatic carbocycles. The van der Waals surface area contributed by atoms with Gasteiger partial charge in [-0.1, -0.05) is 54.6 Å². The van der Waals surface area contributed by atoms with Gasteiger partial charge in [0.25, 0.3) is 5.79 Å². The Bertz CT molecular complexity index is 1790. The van der Waals surface area contributed by atoms with Crippen LogP contribution in [0.2, 0.25) is 0 Å². The minimum Gasteiger partial charge on any atom is -0.477 e. The molecular weight excluding hydrogens is 810 g/mol. The fourth-order valence-corrected chi connectivity index (χ4v) is 7.63. The topological polar surface area (TPSA) is 333 Å². The van der Waals surface area contributed by atoms with Crippen molar-refractivity contribution in [2.45, 2.75) is 131 Å². The Morgan fingerprint density at radius 2 is 1.44 bits per heavy atom. The summed E-state index contributed by atoms with van der Waals surface area (Å²) in [6.45, 7) is 1.58. The van der Waals surface area contributed by atoms with Crippen molar-refractivity contribution >= 4 is 23.7 Å². The van der Waals surface area contributed by atoms with Gasteiger partial charge in [0.05, 0.1) is 50.0 Å². The van der Waals surface area contributed by atoms with Crippen LogP contribution in [0.4, 0.5) is 0 Å². The molecule has 3 amide bonds. The molecule has 61 heavy (non-hydrogen) atoms. The number of carboxylic acid groups (broad SMARTS) is 1. The quantitative estimate of drug-likeness (QED) is 0.0766. The number of rotatable bonds is 16. The third-order valence-electron chi connectivity index (χ3n) is 10.9. The lowest BCUT2D eigenvalue weighted by molar-refractivity contribution is -0.353. The first-order valence-corrected chi connectivity index (χ1v) is 19.7. The highest BCUT2D eigenvalue weighted by atomic mass is 16.8. The molecule has 3 fully saturated rings. The number of nitrogens with one attached hydrogen (secondary N) is 3. The molecule has 0 aromatic heterocycles. The first-order chi connectivity index (χ1) is 28.8. The van der Waals surface area contributed by atoms with Crippen LogP contribution in [-0.2, 0) is 49.3 Å². The molecule has 3 heterocycles. The lowest BCUT2D eigenvalue weighted by Crippen LogP contribution is -2.69. The summed E-state index contributed by atoms with van der Waals surface area (Å²) in [6.07, 6.45) is -23.3. The normalized spacial score (nSPS) is 35.0. The number of hydrogen-bond donors (Lipinski definition) is 12. The molecule has 338 valence electrons. The predicted molar refractivity (Wildman–Crippen MR) is 207 cm³/mol. The third-order valence-corrected chi connectivity index (χ3v) is 10.9. The van der Waals surface area contributed by atoms with Crippen molar-refractivity contribution in [2.24, 2.45) is 0 Å². The van der Waals surface area contributed by atoms with E-state index in [1.165, 1.54) is 13.8 Å². The molecule has 3 aliphatic heterocycles. The summed E-state index contributed by atoms with van der Waals surface area (Å²) < 4.78 is 28.5. The lowest BCUT2D eigenvalue weighted by Gasteiger charge is -2.48. The molecule has 12 N–H and O–H groups in total. The Hall–Kier alpha value is -4.20. The van der Waals surface area contributed by atoms with Crippen molar-refractivity contribution in [3.8, 4) is 11.1 Å². The summed E-state index contributed by atoms with van der Waals surface area (Å²) in [5, 5.41) is 105. The maximum Gasteiger partial charge on any atom is 0.364 e. The SMILES string of the molecule is CC(=O)NC1[C@H](C)OC(CO)[C@H](O[C@@H]2OC(CO[C@]3(C(=O)O)C[C@H](O)[C@@H](NC(C)=O)C([C@H](O)[C@H](O)CNC(=O)Cc4ccc(-c5ccccc5)cc4)O3)[C@H](O)[C@H](O)C2O)[C@@H]1O. The van der Waals surface area contributed by atoms with Gasteiger partial charge in [-0.25, -0.2) is 4.79 Å². The first-order valence-electron chi connectivity index (χ1n) is 19.7. The summed E-state index contributed by atoms with van der Waals surface area (Å²) in [7, 11) is 0. The highest BCUT2D eigenvalue weighted by Gasteiger charge is 2.57. The monoisotopic (exact) mass is 865 g/mol. The Morgan fingerprint density at radius 3 is 2.05 bits per heavy atom. The number of benzene rings is 2. The largest absolute Gasteiger partial charge is 0.477 e. The van der Waals surface area contributed by atoms with Gasteiger partial charge in [-0.05, 0) is 23.6 Å². The number of aliphatic hydroxyl groups is 8. The molecule has 0 spiro atoms. The van der Waals surface area contributed by atoms with E-state index >= 15 is 0 Å². The van der Waals surface area contributed by atoms with Crippen LogP contribution in [0.1, 0.15) is 32.8 Å². The second-order valence-corrected chi connectivity index (χ2v) is 15.4. The second kappa shape index (κ2) is 20.8. The molecule has 16 atom stereocenters. The summed E-state index contributed by atoms with van der Waals surface area (Å²) in [6, 6.07) is 14.2. The molecular formula is C40H55N3O18. The number of carboxylic acids is 1. The lowest BCUT2D eigenvalue weighted by atomic mass is 9.88. The van der Waals surface area contributed by atoms with Crippen LogP contribution in [0, 0.1) is 0 Å². The molecule has 21 heteroatoms. The average Bonchev–Trinajstić information content (AvgIpc) is 3.22. The second-order valence-electron chi connectivity index (χ2n) is 15.4. The van der Waals surface area contributed by atoms with E-state index in [4.69, 9.17) is 23.7 Å². The van der Waals surface area contributed by atoms with Gasteiger partial charge in [0.15, 0.2) is 6.29 Å². The van der Waals surface area contributed by atoms with Crippen LogP contribution < -0.4 is 16.0 Å². The zero-order valence-corrected chi connectivity index (χ0v) is 33.6. The van der Waals surface area contributed by atoms with E-state index in [0.29, 0.717) is 5.56 Å². The van der Waals surface area contributed by atoms with Crippen LogP contribution >= 0.6 is 0 Å². The summed E-state index contributed by atoms with van der Waals surface area (Å²) >= 11 is 0. The number of hydrogen-bond acceptors (Lipinski definition) is 17. The standard InChI is InChI=1S/C40H55N3O18/c1-18-29(42-19(2)45)33(52)36(26(16-44)58-18)60-38-35(54)34(53)32(51)27(59-38)17-57-40(39(55)56)14-24(47)30(43-20(3)46)37(61-40)31(50)25(48)15-41-28(49)13-21-9-11-23(12-10-21)22-7-5-4-6-8-22/h4-12,18,24-27,29-38,44,47-48,50-54H,13-17H2,1-3H3,(H,41,49)(H,42,45)(H,43,46)(H,55,56)/t18-,24-,25+,26?,27?,29?,30+,31+,32-,33+,34-,35?,36-,37?,38-,40+/m0/s1. The van der Waals surface area contributed by atoms with Gasteiger partial charge in [-0.3, -0.25) is 14.4 Å². The van der Waals surface area contributed by atoms with E-state index in [2.05, 4.69) is 16.0 Å². The van der Waals surface area contributed by atoms with Gasteiger partial charge in [-0.15, -0.1) is 0 Å². The Balaban J connectivity index is 1.26. The van der Waals surface area contributed by atoms with Gasteiger partial charge in [-0.2, -0.15) is 0 Å².